The fraction of sp³-hybridized carbons (Fsp3) is 0.133. The van der Waals surface area contributed by atoms with Crippen molar-refractivity contribution in [1.29, 1.82) is 0 Å². The highest BCUT2D eigenvalue weighted by atomic mass is 16.2. The van der Waals surface area contributed by atoms with Gasteiger partial charge >= 0.3 is 6.03 Å². The lowest BCUT2D eigenvalue weighted by Crippen LogP contribution is -2.31. The second-order valence-corrected chi connectivity index (χ2v) is 4.70. The average molecular weight is 281 g/mol. The van der Waals surface area contributed by atoms with Gasteiger partial charge in [-0.1, -0.05) is 30.3 Å². The third-order valence-electron chi connectivity index (χ3n) is 3.15. The van der Waals surface area contributed by atoms with E-state index in [9.17, 15) is 4.79 Å². The first-order valence-corrected chi connectivity index (χ1v) is 6.65. The zero-order chi connectivity index (χ0) is 14.7. The van der Waals surface area contributed by atoms with E-state index in [1.54, 1.807) is 12.3 Å². The van der Waals surface area contributed by atoms with E-state index in [0.29, 0.717) is 17.0 Å². The normalized spacial score (nSPS) is 12.0. The number of amides is 2. The molecule has 0 aliphatic heterocycles. The van der Waals surface area contributed by atoms with Crippen molar-refractivity contribution in [3.05, 3.63) is 54.4 Å². The van der Waals surface area contributed by atoms with Crippen molar-refractivity contribution in [2.24, 2.45) is 0 Å². The van der Waals surface area contributed by atoms with Crippen LogP contribution in [0.5, 0.6) is 0 Å². The number of nitrogens with zero attached hydrogens (tertiary/aromatic N) is 2. The molecule has 106 valence electrons. The van der Waals surface area contributed by atoms with Gasteiger partial charge in [-0.05, 0) is 18.6 Å². The zero-order valence-electron chi connectivity index (χ0n) is 11.5. The Morgan fingerprint density at radius 2 is 2.05 bits per heavy atom. The molecule has 2 aromatic heterocycles. The molecule has 2 amide bonds. The summed E-state index contributed by atoms with van der Waals surface area (Å²) < 4.78 is 0. The van der Waals surface area contributed by atoms with Crippen LogP contribution in [0.1, 0.15) is 18.5 Å². The fourth-order valence-corrected chi connectivity index (χ4v) is 2.06. The van der Waals surface area contributed by atoms with E-state index in [1.807, 2.05) is 37.3 Å². The van der Waals surface area contributed by atoms with Crippen molar-refractivity contribution in [1.82, 2.24) is 20.3 Å². The molecule has 3 N–H and O–H groups in total. The number of aromatic nitrogens is 3. The van der Waals surface area contributed by atoms with Crippen molar-refractivity contribution in [3.63, 3.8) is 0 Å². The van der Waals surface area contributed by atoms with Crippen LogP contribution in [0.4, 0.5) is 10.6 Å². The maximum absolute atomic E-state index is 12.0. The summed E-state index contributed by atoms with van der Waals surface area (Å²) in [6, 6.07) is 11.2. The number of nitrogens with one attached hydrogen (secondary N) is 3. The molecule has 6 heteroatoms. The maximum Gasteiger partial charge on any atom is 0.320 e. The van der Waals surface area contributed by atoms with E-state index in [1.165, 1.54) is 6.20 Å². The van der Waals surface area contributed by atoms with Gasteiger partial charge in [0, 0.05) is 6.20 Å². The third-order valence-corrected chi connectivity index (χ3v) is 3.15. The minimum Gasteiger partial charge on any atom is -0.345 e. The molecule has 0 radical (unpaired) electrons. The average Bonchev–Trinajstić information content (AvgIpc) is 2.95. The topological polar surface area (TPSA) is 82.7 Å². The maximum atomic E-state index is 12.0. The minimum atomic E-state index is -0.310. The summed E-state index contributed by atoms with van der Waals surface area (Å²) in [5.41, 5.74) is 2.45. The van der Waals surface area contributed by atoms with Crippen LogP contribution in [-0.4, -0.2) is 21.0 Å². The highest BCUT2D eigenvalue weighted by Gasteiger charge is 2.10. The first kappa shape index (κ1) is 13.1. The summed E-state index contributed by atoms with van der Waals surface area (Å²) in [7, 11) is 0. The monoisotopic (exact) mass is 281 g/mol. The molecule has 0 unspecified atom stereocenters. The molecule has 0 saturated carbocycles. The lowest BCUT2D eigenvalue weighted by molar-refractivity contribution is 0.249. The van der Waals surface area contributed by atoms with Gasteiger partial charge in [-0.2, -0.15) is 0 Å². The van der Waals surface area contributed by atoms with Crippen molar-refractivity contribution >= 4 is 23.0 Å². The van der Waals surface area contributed by atoms with Gasteiger partial charge in [0.25, 0.3) is 0 Å². The highest BCUT2D eigenvalue weighted by Crippen LogP contribution is 2.12. The fourth-order valence-electron chi connectivity index (χ4n) is 2.06. The number of rotatable bonds is 3. The van der Waals surface area contributed by atoms with Gasteiger partial charge in [-0.3, -0.25) is 5.32 Å². The molecule has 0 aliphatic carbocycles. The standard InChI is InChI=1S/C15H15N5O/c1-10(11-5-3-2-4-6-11)18-15(21)20-13-9-17-14-12(19-13)7-8-16-14/h2-10H,1H3,(H,16,17)(H2,18,19,20,21)/t10-/m0/s1. The van der Waals surface area contributed by atoms with E-state index >= 15 is 0 Å². The number of carbonyl (C=O) groups excluding carboxylic acids is 1. The van der Waals surface area contributed by atoms with Crippen LogP contribution in [0.3, 0.4) is 0 Å². The predicted octanol–water partition coefficient (Wildman–Crippen LogP) is 2.84. The SMILES string of the molecule is C[C@H](NC(=O)Nc1cnc2[nH]ccc2n1)c1ccccc1. The molecule has 0 saturated heterocycles. The van der Waals surface area contributed by atoms with Crippen molar-refractivity contribution < 1.29 is 4.79 Å². The smallest absolute Gasteiger partial charge is 0.320 e. The van der Waals surface area contributed by atoms with Crippen molar-refractivity contribution in [2.45, 2.75) is 13.0 Å². The van der Waals surface area contributed by atoms with Gasteiger partial charge in [0.05, 0.1) is 12.2 Å². The second-order valence-electron chi connectivity index (χ2n) is 4.70. The number of urea groups is 1. The van der Waals surface area contributed by atoms with E-state index in [2.05, 4.69) is 25.6 Å². The highest BCUT2D eigenvalue weighted by molar-refractivity contribution is 5.89. The van der Waals surface area contributed by atoms with Gasteiger partial charge in [-0.25, -0.2) is 14.8 Å². The molecular formula is C15H15N5O. The van der Waals surface area contributed by atoms with E-state index in [-0.39, 0.29) is 12.1 Å². The molecule has 6 nitrogen and oxygen atoms in total. The molecule has 0 bridgehead atoms. The van der Waals surface area contributed by atoms with E-state index in [0.717, 1.165) is 5.56 Å². The summed E-state index contributed by atoms with van der Waals surface area (Å²) in [5.74, 6) is 0.417. The van der Waals surface area contributed by atoms with Crippen LogP contribution >= 0.6 is 0 Å². The molecule has 3 aromatic rings. The Bertz CT molecular complexity index is 753. The Hall–Kier alpha value is -2.89. The Kier molecular flexibility index (Phi) is 3.51. The summed E-state index contributed by atoms with van der Waals surface area (Å²) in [6.45, 7) is 1.93. The number of carbonyl (C=O) groups is 1. The molecule has 0 spiro atoms. The van der Waals surface area contributed by atoms with Gasteiger partial charge in [0.1, 0.15) is 5.52 Å². The quantitative estimate of drug-likeness (QED) is 0.690. The lowest BCUT2D eigenvalue weighted by Gasteiger charge is -2.14. The molecule has 21 heavy (non-hydrogen) atoms. The second kappa shape index (κ2) is 5.62. The Labute approximate surface area is 121 Å². The molecule has 0 aliphatic rings. The summed E-state index contributed by atoms with van der Waals surface area (Å²) in [6.07, 6.45) is 3.28. The van der Waals surface area contributed by atoms with Crippen LogP contribution in [0.2, 0.25) is 0 Å². The number of hydrogen-bond donors (Lipinski definition) is 3. The summed E-state index contributed by atoms with van der Waals surface area (Å²) >= 11 is 0. The molecule has 2 heterocycles. The Balaban J connectivity index is 1.66. The van der Waals surface area contributed by atoms with Crippen molar-refractivity contribution in [3.8, 4) is 0 Å². The summed E-state index contributed by atoms with van der Waals surface area (Å²) in [4.78, 5) is 23.4. The number of H-pyrrole nitrogens is 1. The van der Waals surface area contributed by atoms with Crippen LogP contribution < -0.4 is 10.6 Å². The molecular weight excluding hydrogens is 266 g/mol. The minimum absolute atomic E-state index is 0.0878. The van der Waals surface area contributed by atoms with Gasteiger partial charge < -0.3 is 10.3 Å². The van der Waals surface area contributed by atoms with Crippen molar-refractivity contribution in [2.75, 3.05) is 5.32 Å². The summed E-state index contributed by atoms with van der Waals surface area (Å²) in [5, 5.41) is 5.55. The molecule has 1 aromatic carbocycles. The molecule has 3 rings (SSSR count). The largest absolute Gasteiger partial charge is 0.345 e. The first-order chi connectivity index (χ1) is 10.2. The third kappa shape index (κ3) is 3.00. The number of fused-ring (bicyclic) bond motifs is 1. The van der Waals surface area contributed by atoms with Gasteiger partial charge in [0.15, 0.2) is 11.5 Å². The van der Waals surface area contributed by atoms with Crippen LogP contribution in [-0.2, 0) is 0 Å². The van der Waals surface area contributed by atoms with Crippen LogP contribution in [0.25, 0.3) is 11.2 Å². The lowest BCUT2D eigenvalue weighted by atomic mass is 10.1. The number of hydrogen-bond acceptors (Lipinski definition) is 3. The van der Waals surface area contributed by atoms with Gasteiger partial charge in [0.2, 0.25) is 0 Å². The van der Waals surface area contributed by atoms with Crippen LogP contribution in [0.15, 0.2) is 48.8 Å². The van der Waals surface area contributed by atoms with Crippen LogP contribution in [0, 0.1) is 0 Å². The Morgan fingerprint density at radius 3 is 2.86 bits per heavy atom. The number of anilines is 1. The molecule has 0 fully saturated rings. The van der Waals surface area contributed by atoms with E-state index < -0.39 is 0 Å². The first-order valence-electron chi connectivity index (χ1n) is 6.65. The van der Waals surface area contributed by atoms with E-state index in [4.69, 9.17) is 0 Å². The number of benzene rings is 1. The predicted molar refractivity (Wildman–Crippen MR) is 80.9 cm³/mol. The Morgan fingerprint density at radius 1 is 1.24 bits per heavy atom. The molecule has 1 atom stereocenters. The zero-order valence-corrected chi connectivity index (χ0v) is 11.5. The number of aromatic amines is 1. The van der Waals surface area contributed by atoms with Gasteiger partial charge in [-0.15, -0.1) is 0 Å².